The summed E-state index contributed by atoms with van der Waals surface area (Å²) in [5, 5.41) is 3.45. The number of anilines is 2. The fourth-order valence-corrected chi connectivity index (χ4v) is 5.00. The van der Waals surface area contributed by atoms with E-state index in [4.69, 9.17) is 0 Å². The van der Waals surface area contributed by atoms with E-state index >= 15 is 0 Å². The van der Waals surface area contributed by atoms with E-state index in [1.165, 1.54) is 11.3 Å². The fourth-order valence-electron chi connectivity index (χ4n) is 5.00. The van der Waals surface area contributed by atoms with Crippen molar-refractivity contribution in [3.63, 3.8) is 0 Å². The van der Waals surface area contributed by atoms with Crippen molar-refractivity contribution in [2.75, 3.05) is 24.5 Å². The number of piperidine rings is 1. The standard InChI is InChI=1S/C20H23FN4/c1-13-2-4-16-18(13)19(24-12-23-16)25-11-20(6-8-22-9-7-20)15-10-14(21)3-5-17(15)25/h3,5,10,12-13,22H,2,4,6-9,11H2,1H3. The number of aryl methyl sites for hydroxylation is 1. The van der Waals surface area contributed by atoms with E-state index in [9.17, 15) is 4.39 Å². The first-order chi connectivity index (χ1) is 12.2. The summed E-state index contributed by atoms with van der Waals surface area (Å²) in [6.45, 7) is 5.13. The van der Waals surface area contributed by atoms with Gasteiger partial charge in [0.15, 0.2) is 0 Å². The molecule has 130 valence electrons. The Morgan fingerprint density at radius 3 is 2.92 bits per heavy atom. The molecule has 3 heterocycles. The summed E-state index contributed by atoms with van der Waals surface area (Å²) in [5.41, 5.74) is 4.80. The molecule has 1 N–H and O–H groups in total. The molecule has 2 aliphatic heterocycles. The highest BCUT2D eigenvalue weighted by Gasteiger charge is 2.45. The van der Waals surface area contributed by atoms with Crippen molar-refractivity contribution >= 4 is 11.5 Å². The molecular formula is C20H23FN4. The molecular weight excluding hydrogens is 315 g/mol. The summed E-state index contributed by atoms with van der Waals surface area (Å²) in [7, 11) is 0. The molecule has 1 saturated heterocycles. The van der Waals surface area contributed by atoms with Crippen LogP contribution in [0.15, 0.2) is 24.5 Å². The lowest BCUT2D eigenvalue weighted by atomic mass is 9.75. The third-order valence-electron chi connectivity index (χ3n) is 6.35. The van der Waals surface area contributed by atoms with Gasteiger partial charge in [-0.2, -0.15) is 0 Å². The Morgan fingerprint density at radius 1 is 1.24 bits per heavy atom. The van der Waals surface area contributed by atoms with Gasteiger partial charge in [-0.3, -0.25) is 0 Å². The summed E-state index contributed by atoms with van der Waals surface area (Å²) in [6.07, 6.45) is 5.96. The zero-order valence-electron chi connectivity index (χ0n) is 14.6. The van der Waals surface area contributed by atoms with E-state index in [1.807, 2.05) is 6.07 Å². The van der Waals surface area contributed by atoms with Crippen molar-refractivity contribution < 1.29 is 4.39 Å². The molecule has 1 spiro atoms. The molecule has 2 aromatic rings. The van der Waals surface area contributed by atoms with E-state index in [2.05, 4.69) is 27.1 Å². The number of fused-ring (bicyclic) bond motifs is 3. The van der Waals surface area contributed by atoms with E-state index in [0.29, 0.717) is 5.92 Å². The molecule has 1 atom stereocenters. The van der Waals surface area contributed by atoms with Crippen molar-refractivity contribution in [3.8, 4) is 0 Å². The number of hydrogen-bond acceptors (Lipinski definition) is 4. The Labute approximate surface area is 147 Å². The lowest BCUT2D eigenvalue weighted by molar-refractivity contribution is 0.328. The molecule has 4 nitrogen and oxygen atoms in total. The SMILES string of the molecule is CC1CCc2ncnc(N3CC4(CCNCC4)c4cc(F)ccc43)c21. The van der Waals surface area contributed by atoms with Crippen molar-refractivity contribution in [1.82, 2.24) is 15.3 Å². The predicted molar refractivity (Wildman–Crippen MR) is 96.0 cm³/mol. The summed E-state index contributed by atoms with van der Waals surface area (Å²) >= 11 is 0. The molecule has 3 aliphatic rings. The normalized spacial score (nSPS) is 23.8. The predicted octanol–water partition coefficient (Wildman–Crippen LogP) is 3.44. The molecule has 1 unspecified atom stereocenters. The highest BCUT2D eigenvalue weighted by atomic mass is 19.1. The first kappa shape index (κ1) is 15.3. The zero-order valence-corrected chi connectivity index (χ0v) is 14.6. The number of halogens is 1. The summed E-state index contributed by atoms with van der Waals surface area (Å²) in [6, 6.07) is 5.28. The van der Waals surface area contributed by atoms with Crippen LogP contribution < -0.4 is 10.2 Å². The molecule has 1 aromatic carbocycles. The third-order valence-corrected chi connectivity index (χ3v) is 6.35. The number of nitrogens with one attached hydrogen (secondary N) is 1. The number of nitrogens with zero attached hydrogens (tertiary/aromatic N) is 3. The van der Waals surface area contributed by atoms with Crippen LogP contribution in [0.1, 0.15) is 48.9 Å². The maximum absolute atomic E-state index is 14.1. The van der Waals surface area contributed by atoms with Crippen molar-refractivity contribution in [2.24, 2.45) is 0 Å². The number of hydrogen-bond donors (Lipinski definition) is 1. The topological polar surface area (TPSA) is 41.1 Å². The molecule has 1 aliphatic carbocycles. The highest BCUT2D eigenvalue weighted by molar-refractivity contribution is 5.73. The zero-order chi connectivity index (χ0) is 17.0. The van der Waals surface area contributed by atoms with Crippen LogP contribution in [0.5, 0.6) is 0 Å². The van der Waals surface area contributed by atoms with Crippen molar-refractivity contribution in [1.29, 1.82) is 0 Å². The van der Waals surface area contributed by atoms with Crippen LogP contribution in [0.2, 0.25) is 0 Å². The van der Waals surface area contributed by atoms with Crippen molar-refractivity contribution in [3.05, 3.63) is 47.2 Å². The minimum atomic E-state index is -0.139. The lowest BCUT2D eigenvalue weighted by Gasteiger charge is -2.35. The van der Waals surface area contributed by atoms with Gasteiger partial charge < -0.3 is 10.2 Å². The van der Waals surface area contributed by atoms with Crippen LogP contribution in [0.4, 0.5) is 15.9 Å². The van der Waals surface area contributed by atoms with Crippen LogP contribution in [0, 0.1) is 5.82 Å². The third kappa shape index (κ3) is 2.21. The summed E-state index contributed by atoms with van der Waals surface area (Å²) < 4.78 is 14.1. The van der Waals surface area contributed by atoms with E-state index in [1.54, 1.807) is 18.5 Å². The Hall–Kier alpha value is -2.01. The molecule has 25 heavy (non-hydrogen) atoms. The minimum Gasteiger partial charge on any atom is -0.325 e. The first-order valence-electron chi connectivity index (χ1n) is 9.30. The second-order valence-corrected chi connectivity index (χ2v) is 7.78. The van der Waals surface area contributed by atoms with Gasteiger partial charge in [0, 0.05) is 28.9 Å². The highest BCUT2D eigenvalue weighted by Crippen LogP contribution is 2.50. The van der Waals surface area contributed by atoms with Crippen LogP contribution in [0.25, 0.3) is 0 Å². The van der Waals surface area contributed by atoms with Gasteiger partial charge in [-0.1, -0.05) is 6.92 Å². The molecule has 0 radical (unpaired) electrons. The van der Waals surface area contributed by atoms with Crippen LogP contribution in [0.3, 0.4) is 0 Å². The van der Waals surface area contributed by atoms with Crippen LogP contribution in [-0.2, 0) is 11.8 Å². The quantitative estimate of drug-likeness (QED) is 0.865. The minimum absolute atomic E-state index is 0.0301. The Balaban J connectivity index is 1.67. The van der Waals surface area contributed by atoms with Gasteiger partial charge in [-0.05, 0) is 68.5 Å². The van der Waals surface area contributed by atoms with Gasteiger partial charge in [-0.25, -0.2) is 14.4 Å². The second-order valence-electron chi connectivity index (χ2n) is 7.78. The summed E-state index contributed by atoms with van der Waals surface area (Å²) in [5.74, 6) is 1.39. The monoisotopic (exact) mass is 338 g/mol. The fraction of sp³-hybridized carbons (Fsp3) is 0.500. The lowest BCUT2D eigenvalue weighted by Crippen LogP contribution is -2.42. The average molecular weight is 338 g/mol. The molecule has 5 rings (SSSR count). The Kier molecular flexibility index (Phi) is 3.35. The van der Waals surface area contributed by atoms with Gasteiger partial charge in [0.25, 0.3) is 0 Å². The largest absolute Gasteiger partial charge is 0.325 e. The maximum atomic E-state index is 14.1. The van der Waals surface area contributed by atoms with Gasteiger partial charge in [0.1, 0.15) is 18.0 Å². The van der Waals surface area contributed by atoms with Gasteiger partial charge in [0.2, 0.25) is 0 Å². The van der Waals surface area contributed by atoms with Gasteiger partial charge in [0.05, 0.1) is 0 Å². The molecule has 1 aromatic heterocycles. The van der Waals surface area contributed by atoms with Gasteiger partial charge in [-0.15, -0.1) is 0 Å². The summed E-state index contributed by atoms with van der Waals surface area (Å²) in [4.78, 5) is 11.5. The Morgan fingerprint density at radius 2 is 2.08 bits per heavy atom. The smallest absolute Gasteiger partial charge is 0.140 e. The van der Waals surface area contributed by atoms with Crippen molar-refractivity contribution in [2.45, 2.75) is 43.9 Å². The van der Waals surface area contributed by atoms with Gasteiger partial charge >= 0.3 is 0 Å². The maximum Gasteiger partial charge on any atom is 0.140 e. The van der Waals surface area contributed by atoms with Crippen LogP contribution in [-0.4, -0.2) is 29.6 Å². The first-order valence-corrected chi connectivity index (χ1v) is 9.30. The number of aromatic nitrogens is 2. The second kappa shape index (κ2) is 5.49. The number of rotatable bonds is 1. The average Bonchev–Trinajstić information content (AvgIpc) is 3.15. The molecule has 0 amide bonds. The Bertz CT molecular complexity index is 828. The number of benzene rings is 1. The molecule has 0 bridgehead atoms. The molecule has 0 saturated carbocycles. The molecule has 1 fully saturated rings. The van der Waals surface area contributed by atoms with E-state index in [0.717, 1.165) is 62.4 Å². The van der Waals surface area contributed by atoms with E-state index < -0.39 is 0 Å². The van der Waals surface area contributed by atoms with Crippen LogP contribution >= 0.6 is 0 Å². The van der Waals surface area contributed by atoms with E-state index in [-0.39, 0.29) is 11.2 Å². The molecule has 5 heteroatoms.